The van der Waals surface area contributed by atoms with E-state index in [4.69, 9.17) is 11.6 Å². The monoisotopic (exact) mass is 359 g/mol. The number of sulfonamides is 1. The van der Waals surface area contributed by atoms with Gasteiger partial charge in [0.15, 0.2) is 0 Å². The van der Waals surface area contributed by atoms with Crippen LogP contribution >= 0.6 is 11.6 Å². The van der Waals surface area contributed by atoms with Crippen molar-refractivity contribution in [1.29, 1.82) is 0 Å². The standard InChI is InChI=1S/C17H26ClNO3S/c1-5-14(4)11-19(16(12-20)10-13(2)3)23(21,22)17-8-6-15(18)7-9-17/h6-9,13,16,20H,4-5,10-12H2,1-3H3/t16-/m1/s1. The molecule has 0 heterocycles. The number of nitrogens with zero attached hydrogens (tertiary/aromatic N) is 1. The molecule has 0 aliphatic carbocycles. The molecule has 23 heavy (non-hydrogen) atoms. The van der Waals surface area contributed by atoms with Crippen molar-refractivity contribution in [3.63, 3.8) is 0 Å². The fourth-order valence-corrected chi connectivity index (χ4v) is 4.09. The normalized spacial score (nSPS) is 13.5. The molecule has 0 aliphatic heterocycles. The molecule has 0 aliphatic rings. The number of aliphatic hydroxyl groups is 1. The second-order valence-corrected chi connectivity index (χ2v) is 8.40. The lowest BCUT2D eigenvalue weighted by Crippen LogP contribution is -2.44. The van der Waals surface area contributed by atoms with Crippen LogP contribution in [-0.2, 0) is 10.0 Å². The summed E-state index contributed by atoms with van der Waals surface area (Å²) in [5.74, 6) is 0.268. The molecule has 0 aromatic heterocycles. The minimum absolute atomic E-state index is 0.174. The van der Waals surface area contributed by atoms with Crippen LogP contribution in [0.15, 0.2) is 41.3 Å². The third-order valence-electron chi connectivity index (χ3n) is 3.66. The van der Waals surface area contributed by atoms with Gasteiger partial charge in [-0.15, -0.1) is 0 Å². The molecule has 0 amide bonds. The first-order valence-corrected chi connectivity index (χ1v) is 9.59. The first-order valence-electron chi connectivity index (χ1n) is 7.77. The fourth-order valence-electron chi connectivity index (χ4n) is 2.31. The van der Waals surface area contributed by atoms with Gasteiger partial charge in [0.25, 0.3) is 0 Å². The van der Waals surface area contributed by atoms with E-state index in [2.05, 4.69) is 6.58 Å². The minimum Gasteiger partial charge on any atom is -0.395 e. The van der Waals surface area contributed by atoms with E-state index in [1.165, 1.54) is 16.4 Å². The number of hydrogen-bond acceptors (Lipinski definition) is 3. The zero-order chi connectivity index (χ0) is 17.6. The van der Waals surface area contributed by atoms with E-state index in [1.807, 2.05) is 20.8 Å². The molecular formula is C17H26ClNO3S. The summed E-state index contributed by atoms with van der Waals surface area (Å²) in [6.07, 6.45) is 1.27. The van der Waals surface area contributed by atoms with Crippen LogP contribution in [0.4, 0.5) is 0 Å². The van der Waals surface area contributed by atoms with E-state index in [9.17, 15) is 13.5 Å². The largest absolute Gasteiger partial charge is 0.395 e. The zero-order valence-electron chi connectivity index (χ0n) is 14.0. The third-order valence-corrected chi connectivity index (χ3v) is 5.83. The lowest BCUT2D eigenvalue weighted by molar-refractivity contribution is 0.173. The predicted octanol–water partition coefficient (Wildman–Crippen LogP) is 3.70. The van der Waals surface area contributed by atoms with Crippen LogP contribution in [0.2, 0.25) is 5.02 Å². The van der Waals surface area contributed by atoms with Crippen molar-refractivity contribution in [2.24, 2.45) is 5.92 Å². The molecule has 1 rings (SSSR count). The summed E-state index contributed by atoms with van der Waals surface area (Å²) in [6.45, 7) is 9.85. The van der Waals surface area contributed by atoms with Gasteiger partial charge in [-0.05, 0) is 43.0 Å². The highest BCUT2D eigenvalue weighted by molar-refractivity contribution is 7.89. The fraction of sp³-hybridized carbons (Fsp3) is 0.529. The number of halogens is 1. The van der Waals surface area contributed by atoms with Crippen molar-refractivity contribution in [2.75, 3.05) is 13.2 Å². The van der Waals surface area contributed by atoms with Crippen LogP contribution in [0.25, 0.3) is 0 Å². The van der Waals surface area contributed by atoms with Gasteiger partial charge in [0, 0.05) is 17.6 Å². The van der Waals surface area contributed by atoms with Gasteiger partial charge in [0.2, 0.25) is 10.0 Å². The van der Waals surface area contributed by atoms with E-state index >= 15 is 0 Å². The van der Waals surface area contributed by atoms with Gasteiger partial charge in [-0.2, -0.15) is 4.31 Å². The Kier molecular flexibility index (Phi) is 7.74. The molecule has 0 bridgehead atoms. The highest BCUT2D eigenvalue weighted by atomic mass is 35.5. The average molecular weight is 360 g/mol. The van der Waals surface area contributed by atoms with Crippen LogP contribution in [0.1, 0.15) is 33.6 Å². The molecule has 4 nitrogen and oxygen atoms in total. The van der Waals surface area contributed by atoms with E-state index in [0.717, 1.165) is 5.57 Å². The van der Waals surface area contributed by atoms with Gasteiger partial charge >= 0.3 is 0 Å². The van der Waals surface area contributed by atoms with Crippen LogP contribution in [0, 0.1) is 5.92 Å². The maximum atomic E-state index is 13.0. The first kappa shape index (κ1) is 20.2. The smallest absolute Gasteiger partial charge is 0.243 e. The average Bonchev–Trinajstić information content (AvgIpc) is 2.50. The van der Waals surface area contributed by atoms with Crippen molar-refractivity contribution in [3.05, 3.63) is 41.4 Å². The second-order valence-electron chi connectivity index (χ2n) is 6.07. The Hall–Kier alpha value is -0.880. The first-order chi connectivity index (χ1) is 10.7. The summed E-state index contributed by atoms with van der Waals surface area (Å²) in [4.78, 5) is 0.174. The Morgan fingerprint density at radius 3 is 2.30 bits per heavy atom. The van der Waals surface area contributed by atoms with Crippen LogP contribution < -0.4 is 0 Å². The van der Waals surface area contributed by atoms with E-state index < -0.39 is 16.1 Å². The Morgan fingerprint density at radius 2 is 1.87 bits per heavy atom. The molecule has 6 heteroatoms. The van der Waals surface area contributed by atoms with Crippen molar-refractivity contribution < 1.29 is 13.5 Å². The summed E-state index contributed by atoms with van der Waals surface area (Å²) in [5.41, 5.74) is 0.810. The Labute approximate surface area is 144 Å². The van der Waals surface area contributed by atoms with Gasteiger partial charge in [-0.1, -0.05) is 44.5 Å². The van der Waals surface area contributed by atoms with E-state index in [-0.39, 0.29) is 24.0 Å². The quantitative estimate of drug-likeness (QED) is 0.684. The summed E-state index contributed by atoms with van der Waals surface area (Å²) < 4.78 is 27.4. The van der Waals surface area contributed by atoms with Crippen molar-refractivity contribution in [1.82, 2.24) is 4.31 Å². The number of benzene rings is 1. The highest BCUT2D eigenvalue weighted by Crippen LogP contribution is 2.24. The predicted molar refractivity (Wildman–Crippen MR) is 95.1 cm³/mol. The van der Waals surface area contributed by atoms with Gasteiger partial charge in [-0.3, -0.25) is 0 Å². The van der Waals surface area contributed by atoms with Crippen molar-refractivity contribution in [3.8, 4) is 0 Å². The molecule has 1 aromatic carbocycles. The maximum absolute atomic E-state index is 13.0. The van der Waals surface area contributed by atoms with Crippen LogP contribution in [0.3, 0.4) is 0 Å². The van der Waals surface area contributed by atoms with E-state index in [0.29, 0.717) is 17.9 Å². The number of hydrogen-bond donors (Lipinski definition) is 1. The highest BCUT2D eigenvalue weighted by Gasteiger charge is 2.31. The van der Waals surface area contributed by atoms with Crippen molar-refractivity contribution >= 4 is 21.6 Å². The Balaban J connectivity index is 3.25. The molecule has 130 valence electrons. The molecule has 1 aromatic rings. The SMILES string of the molecule is C=C(CC)CN([C@@H](CO)CC(C)C)S(=O)(=O)c1ccc(Cl)cc1. The number of aliphatic hydroxyl groups excluding tert-OH is 1. The molecule has 0 radical (unpaired) electrons. The molecule has 1 atom stereocenters. The molecule has 0 spiro atoms. The van der Waals surface area contributed by atoms with Crippen LogP contribution in [-0.4, -0.2) is 37.0 Å². The molecular weight excluding hydrogens is 334 g/mol. The van der Waals surface area contributed by atoms with Gasteiger partial charge < -0.3 is 5.11 Å². The molecule has 1 N–H and O–H groups in total. The maximum Gasteiger partial charge on any atom is 0.243 e. The number of rotatable bonds is 9. The van der Waals surface area contributed by atoms with Gasteiger partial charge in [0.05, 0.1) is 11.5 Å². The summed E-state index contributed by atoms with van der Waals surface area (Å²) in [5, 5.41) is 10.2. The summed E-state index contributed by atoms with van der Waals surface area (Å²) in [6, 6.07) is 5.61. The van der Waals surface area contributed by atoms with E-state index in [1.54, 1.807) is 12.1 Å². The van der Waals surface area contributed by atoms with Crippen molar-refractivity contribution in [2.45, 2.75) is 44.6 Å². The van der Waals surface area contributed by atoms with Gasteiger partial charge in [0.1, 0.15) is 0 Å². The Morgan fingerprint density at radius 1 is 1.30 bits per heavy atom. The topological polar surface area (TPSA) is 57.6 Å². The van der Waals surface area contributed by atoms with Crippen LogP contribution in [0.5, 0.6) is 0 Å². The molecule has 0 saturated heterocycles. The minimum atomic E-state index is -3.73. The van der Waals surface area contributed by atoms with Gasteiger partial charge in [-0.25, -0.2) is 8.42 Å². The lowest BCUT2D eigenvalue weighted by atomic mass is 10.0. The lowest BCUT2D eigenvalue weighted by Gasteiger charge is -2.31. The molecule has 0 unspecified atom stereocenters. The molecule has 0 fully saturated rings. The summed E-state index contributed by atoms with van der Waals surface area (Å²) in [7, 11) is -3.73. The molecule has 0 saturated carbocycles. The zero-order valence-corrected chi connectivity index (χ0v) is 15.6. The Bertz CT molecular complexity index is 611. The second kappa shape index (κ2) is 8.83. The summed E-state index contributed by atoms with van der Waals surface area (Å²) >= 11 is 5.84. The third kappa shape index (κ3) is 5.60.